The van der Waals surface area contributed by atoms with Gasteiger partial charge in [0.2, 0.25) is 0 Å². The minimum absolute atomic E-state index is 0.149. The van der Waals surface area contributed by atoms with E-state index < -0.39 is 5.41 Å². The van der Waals surface area contributed by atoms with Crippen LogP contribution in [-0.4, -0.2) is 21.0 Å². The molecule has 1 aromatic rings. The molecule has 2 rings (SSSR count). The maximum atomic E-state index is 11.5. The van der Waals surface area contributed by atoms with E-state index in [1.165, 1.54) is 12.8 Å². The van der Waals surface area contributed by atoms with Crippen LogP contribution in [0.5, 0.6) is 0 Å². The van der Waals surface area contributed by atoms with Crippen LogP contribution in [0.3, 0.4) is 0 Å². The highest BCUT2D eigenvalue weighted by atomic mass is 16.5. The van der Waals surface area contributed by atoms with Crippen LogP contribution in [0, 0.1) is 5.41 Å². The molecule has 1 heterocycles. The Morgan fingerprint density at radius 1 is 1.56 bits per heavy atom. The number of hydrogen-bond acceptors (Lipinski definition) is 4. The van der Waals surface area contributed by atoms with Crippen LogP contribution in [0.1, 0.15) is 45.2 Å². The average Bonchev–Trinajstić information content (AvgIpc) is 2.94. The monoisotopic (exact) mass is 223 g/mol. The number of hydrogen-bond donors (Lipinski definition) is 0. The fourth-order valence-corrected chi connectivity index (χ4v) is 1.28. The van der Waals surface area contributed by atoms with E-state index in [1.54, 1.807) is 4.68 Å². The molecule has 0 N–H and O–H groups in total. The molecule has 0 saturated heterocycles. The molecule has 5 nitrogen and oxygen atoms in total. The van der Waals surface area contributed by atoms with E-state index in [0.717, 1.165) is 5.69 Å². The Balaban J connectivity index is 1.87. The van der Waals surface area contributed by atoms with E-state index in [-0.39, 0.29) is 12.7 Å². The van der Waals surface area contributed by atoms with Crippen molar-refractivity contribution in [3.05, 3.63) is 11.9 Å². The standard InChI is InChI=1S/C11H17N3O2/c1-11(2,3)10(15)16-7-14-6-9(12-13-14)8-4-5-8/h6,8H,4-5,7H2,1-3H3. The van der Waals surface area contributed by atoms with Gasteiger partial charge in [0.05, 0.1) is 17.3 Å². The molecule has 1 saturated carbocycles. The molecule has 1 aliphatic carbocycles. The minimum Gasteiger partial charge on any atom is -0.442 e. The van der Waals surface area contributed by atoms with Gasteiger partial charge in [-0.05, 0) is 33.6 Å². The number of ether oxygens (including phenoxy) is 1. The van der Waals surface area contributed by atoms with Crippen LogP contribution in [0.2, 0.25) is 0 Å². The summed E-state index contributed by atoms with van der Waals surface area (Å²) in [5.74, 6) is 0.350. The Bertz CT molecular complexity index is 388. The summed E-state index contributed by atoms with van der Waals surface area (Å²) in [5.41, 5.74) is 0.534. The third kappa shape index (κ3) is 2.59. The van der Waals surface area contributed by atoms with E-state index in [0.29, 0.717) is 5.92 Å². The molecule has 0 unspecified atom stereocenters. The van der Waals surface area contributed by atoms with Crippen LogP contribution in [0.15, 0.2) is 6.20 Å². The molecule has 0 spiro atoms. The lowest BCUT2D eigenvalue weighted by Gasteiger charge is -2.15. The topological polar surface area (TPSA) is 57.0 Å². The number of nitrogens with zero attached hydrogens (tertiary/aromatic N) is 3. The predicted molar refractivity (Wildman–Crippen MR) is 57.5 cm³/mol. The molecule has 1 aromatic heterocycles. The number of esters is 1. The summed E-state index contributed by atoms with van der Waals surface area (Å²) in [7, 11) is 0. The normalized spacial score (nSPS) is 16.2. The first-order chi connectivity index (χ1) is 7.47. The van der Waals surface area contributed by atoms with Crippen LogP contribution < -0.4 is 0 Å². The highest BCUT2D eigenvalue weighted by molar-refractivity contribution is 5.75. The van der Waals surface area contributed by atoms with Gasteiger partial charge in [-0.25, -0.2) is 4.68 Å². The van der Waals surface area contributed by atoms with Gasteiger partial charge < -0.3 is 4.74 Å². The van der Waals surface area contributed by atoms with Gasteiger partial charge in [0.15, 0.2) is 6.73 Å². The number of aromatic nitrogens is 3. The molecule has 16 heavy (non-hydrogen) atoms. The lowest BCUT2D eigenvalue weighted by molar-refractivity contribution is -0.157. The summed E-state index contributed by atoms with van der Waals surface area (Å²) in [6.45, 7) is 5.63. The zero-order valence-electron chi connectivity index (χ0n) is 9.93. The number of carbonyl (C=O) groups is 1. The van der Waals surface area contributed by atoms with Crippen LogP contribution in [0.25, 0.3) is 0 Å². The first-order valence-electron chi connectivity index (χ1n) is 5.54. The Kier molecular flexibility index (Phi) is 2.69. The molecule has 0 bridgehead atoms. The average molecular weight is 223 g/mol. The Labute approximate surface area is 94.8 Å². The first kappa shape index (κ1) is 11.1. The molecule has 0 amide bonds. The van der Waals surface area contributed by atoms with Gasteiger partial charge in [0.25, 0.3) is 0 Å². The van der Waals surface area contributed by atoms with Gasteiger partial charge in [-0.2, -0.15) is 0 Å². The molecular formula is C11H17N3O2. The molecule has 88 valence electrons. The maximum absolute atomic E-state index is 11.5. The molecular weight excluding hydrogens is 206 g/mol. The van der Waals surface area contributed by atoms with Crippen molar-refractivity contribution >= 4 is 5.97 Å². The van der Waals surface area contributed by atoms with Gasteiger partial charge in [-0.15, -0.1) is 5.10 Å². The second-order valence-electron chi connectivity index (χ2n) is 5.27. The van der Waals surface area contributed by atoms with Crippen molar-refractivity contribution in [2.75, 3.05) is 0 Å². The van der Waals surface area contributed by atoms with Crippen molar-refractivity contribution in [3.8, 4) is 0 Å². The highest BCUT2D eigenvalue weighted by Crippen LogP contribution is 2.38. The SMILES string of the molecule is CC(C)(C)C(=O)OCn1cc(C2CC2)nn1. The van der Waals surface area contributed by atoms with E-state index in [4.69, 9.17) is 4.74 Å². The quantitative estimate of drug-likeness (QED) is 0.732. The summed E-state index contributed by atoms with van der Waals surface area (Å²) >= 11 is 0. The van der Waals surface area contributed by atoms with Crippen molar-refractivity contribution in [2.45, 2.75) is 46.3 Å². The third-order valence-electron chi connectivity index (χ3n) is 2.49. The van der Waals surface area contributed by atoms with Gasteiger partial charge in [-0.1, -0.05) is 5.21 Å². The van der Waals surface area contributed by atoms with Crippen molar-refractivity contribution < 1.29 is 9.53 Å². The lowest BCUT2D eigenvalue weighted by atomic mass is 9.98. The van der Waals surface area contributed by atoms with Crippen molar-refractivity contribution in [1.29, 1.82) is 0 Å². The Morgan fingerprint density at radius 3 is 2.81 bits per heavy atom. The third-order valence-corrected chi connectivity index (χ3v) is 2.49. The Morgan fingerprint density at radius 2 is 2.25 bits per heavy atom. The second-order valence-corrected chi connectivity index (χ2v) is 5.27. The molecule has 0 radical (unpaired) electrons. The summed E-state index contributed by atoms with van der Waals surface area (Å²) in [6.07, 6.45) is 4.24. The zero-order valence-corrected chi connectivity index (χ0v) is 9.93. The van der Waals surface area contributed by atoms with Crippen LogP contribution in [0.4, 0.5) is 0 Å². The lowest BCUT2D eigenvalue weighted by Crippen LogP contribution is -2.24. The molecule has 1 aliphatic rings. The summed E-state index contributed by atoms with van der Waals surface area (Å²) in [5, 5.41) is 7.96. The van der Waals surface area contributed by atoms with Crippen LogP contribution in [-0.2, 0) is 16.3 Å². The molecule has 0 aliphatic heterocycles. The predicted octanol–water partition coefficient (Wildman–Crippen LogP) is 1.70. The number of carbonyl (C=O) groups excluding carboxylic acids is 1. The highest BCUT2D eigenvalue weighted by Gasteiger charge is 2.27. The molecule has 0 atom stereocenters. The largest absolute Gasteiger partial charge is 0.442 e. The first-order valence-corrected chi connectivity index (χ1v) is 5.54. The van der Waals surface area contributed by atoms with E-state index in [2.05, 4.69) is 10.3 Å². The van der Waals surface area contributed by atoms with Gasteiger partial charge in [0, 0.05) is 5.92 Å². The van der Waals surface area contributed by atoms with Crippen molar-refractivity contribution in [3.63, 3.8) is 0 Å². The van der Waals surface area contributed by atoms with Gasteiger partial charge in [-0.3, -0.25) is 4.79 Å². The maximum Gasteiger partial charge on any atom is 0.313 e. The summed E-state index contributed by atoms with van der Waals surface area (Å²) < 4.78 is 6.69. The fraction of sp³-hybridized carbons (Fsp3) is 0.727. The summed E-state index contributed by atoms with van der Waals surface area (Å²) in [4.78, 5) is 11.5. The van der Waals surface area contributed by atoms with E-state index in [9.17, 15) is 4.79 Å². The molecule has 5 heteroatoms. The fourth-order valence-electron chi connectivity index (χ4n) is 1.28. The van der Waals surface area contributed by atoms with Crippen LogP contribution >= 0.6 is 0 Å². The molecule has 0 aromatic carbocycles. The van der Waals surface area contributed by atoms with E-state index in [1.807, 2.05) is 27.0 Å². The zero-order chi connectivity index (χ0) is 11.8. The van der Waals surface area contributed by atoms with Crippen molar-refractivity contribution in [1.82, 2.24) is 15.0 Å². The van der Waals surface area contributed by atoms with Crippen molar-refractivity contribution in [2.24, 2.45) is 5.41 Å². The number of rotatable bonds is 3. The Hall–Kier alpha value is -1.39. The second kappa shape index (κ2) is 3.88. The van der Waals surface area contributed by atoms with Gasteiger partial charge in [0.1, 0.15) is 0 Å². The smallest absolute Gasteiger partial charge is 0.313 e. The summed E-state index contributed by atoms with van der Waals surface area (Å²) in [6, 6.07) is 0. The van der Waals surface area contributed by atoms with E-state index >= 15 is 0 Å². The minimum atomic E-state index is -0.472. The van der Waals surface area contributed by atoms with Gasteiger partial charge >= 0.3 is 5.97 Å². The molecule has 1 fully saturated rings.